The van der Waals surface area contributed by atoms with E-state index in [4.69, 9.17) is 9.72 Å². The molecule has 0 radical (unpaired) electrons. The molecule has 4 heteroatoms. The molecule has 2 aromatic carbocycles. The van der Waals surface area contributed by atoms with Gasteiger partial charge < -0.3 is 4.74 Å². The quantitative estimate of drug-likeness (QED) is 0.0988. The summed E-state index contributed by atoms with van der Waals surface area (Å²) < 4.78 is 20.4. The Morgan fingerprint density at radius 1 is 0.769 bits per heavy atom. The van der Waals surface area contributed by atoms with Gasteiger partial charge in [0.25, 0.3) is 0 Å². The molecule has 210 valence electrons. The monoisotopic (exact) mass is 531 g/mol. The van der Waals surface area contributed by atoms with Crippen LogP contribution in [0.15, 0.2) is 66.9 Å². The number of alkyl halides is 1. The van der Waals surface area contributed by atoms with Crippen molar-refractivity contribution in [1.82, 2.24) is 4.98 Å². The van der Waals surface area contributed by atoms with Crippen molar-refractivity contribution in [1.29, 1.82) is 0 Å². The van der Waals surface area contributed by atoms with Crippen LogP contribution in [0.2, 0.25) is 0 Å². The molecule has 3 nitrogen and oxygen atoms in total. The highest BCUT2D eigenvalue weighted by Crippen LogP contribution is 2.32. The van der Waals surface area contributed by atoms with E-state index in [1.807, 2.05) is 30.5 Å². The predicted molar refractivity (Wildman–Crippen MR) is 161 cm³/mol. The zero-order valence-corrected chi connectivity index (χ0v) is 24.2. The Morgan fingerprint density at radius 2 is 1.38 bits per heavy atom. The van der Waals surface area contributed by atoms with Crippen molar-refractivity contribution in [2.45, 2.75) is 110 Å². The van der Waals surface area contributed by atoms with E-state index in [1.54, 1.807) is 12.1 Å². The largest absolute Gasteiger partial charge is 0.424 e. The van der Waals surface area contributed by atoms with E-state index in [-0.39, 0.29) is 6.42 Å². The van der Waals surface area contributed by atoms with Crippen molar-refractivity contribution in [3.05, 3.63) is 72.4 Å². The lowest BCUT2D eigenvalue weighted by Crippen LogP contribution is -2.34. The highest BCUT2D eigenvalue weighted by atomic mass is 19.1. The number of rotatable bonds is 17. The summed E-state index contributed by atoms with van der Waals surface area (Å²) in [5, 5.41) is 0. The molecule has 0 amide bonds. The van der Waals surface area contributed by atoms with E-state index in [0.29, 0.717) is 12.2 Å². The Balaban J connectivity index is 1.60. The van der Waals surface area contributed by atoms with Crippen molar-refractivity contribution in [3.63, 3.8) is 0 Å². The van der Waals surface area contributed by atoms with E-state index >= 15 is 0 Å². The molecule has 0 aliphatic carbocycles. The van der Waals surface area contributed by atoms with Gasteiger partial charge in [-0.25, -0.2) is 9.18 Å². The van der Waals surface area contributed by atoms with Gasteiger partial charge in [-0.05, 0) is 67.5 Å². The fourth-order valence-corrected chi connectivity index (χ4v) is 4.88. The van der Waals surface area contributed by atoms with Crippen LogP contribution in [0.25, 0.3) is 22.4 Å². The summed E-state index contributed by atoms with van der Waals surface area (Å²) in [6.45, 7) is 5.72. The summed E-state index contributed by atoms with van der Waals surface area (Å²) in [5.74, 6) is -0.468. The Morgan fingerprint density at radius 3 is 2.03 bits per heavy atom. The lowest BCUT2D eigenvalue weighted by molar-refractivity contribution is -0.147. The highest BCUT2D eigenvalue weighted by molar-refractivity contribution is 5.83. The number of aromatic nitrogens is 1. The average Bonchev–Trinajstić information content (AvgIpc) is 2.95. The maximum atomic E-state index is 14.9. The SMILES string of the molecule is CCCCCCCCc1ccc(-c2ccccc2-c2ccc(OC(=O)C(C)(F)CCCCCCC)cc2)nc1. The van der Waals surface area contributed by atoms with Crippen molar-refractivity contribution >= 4 is 5.97 Å². The summed E-state index contributed by atoms with van der Waals surface area (Å²) in [4.78, 5) is 17.3. The van der Waals surface area contributed by atoms with Gasteiger partial charge >= 0.3 is 5.97 Å². The molecule has 3 aromatic rings. The van der Waals surface area contributed by atoms with Crippen LogP contribution in [0.3, 0.4) is 0 Å². The number of hydrogen-bond donors (Lipinski definition) is 0. The van der Waals surface area contributed by atoms with Crippen LogP contribution < -0.4 is 4.74 Å². The maximum absolute atomic E-state index is 14.9. The number of halogens is 1. The van der Waals surface area contributed by atoms with Gasteiger partial charge in [-0.1, -0.05) is 114 Å². The average molecular weight is 532 g/mol. The van der Waals surface area contributed by atoms with Crippen molar-refractivity contribution < 1.29 is 13.9 Å². The second-order valence-corrected chi connectivity index (χ2v) is 10.9. The second-order valence-electron chi connectivity index (χ2n) is 10.9. The summed E-state index contributed by atoms with van der Waals surface area (Å²) in [5.41, 5.74) is 3.31. The Bertz CT molecular complexity index is 1120. The molecule has 3 rings (SSSR count). The third-order valence-electron chi connectivity index (χ3n) is 7.40. The van der Waals surface area contributed by atoms with Gasteiger partial charge in [0.15, 0.2) is 0 Å². The Hall–Kier alpha value is -3.01. The predicted octanol–water partition coefficient (Wildman–Crippen LogP) is 10.3. The first kappa shape index (κ1) is 30.5. The molecule has 1 atom stereocenters. The minimum absolute atomic E-state index is 0.186. The zero-order valence-electron chi connectivity index (χ0n) is 24.2. The van der Waals surface area contributed by atoms with E-state index in [9.17, 15) is 9.18 Å². The van der Waals surface area contributed by atoms with Gasteiger partial charge in [-0.15, -0.1) is 0 Å². The molecular formula is C35H46FNO2. The molecular weight excluding hydrogens is 485 g/mol. The minimum atomic E-state index is -1.98. The zero-order chi connectivity index (χ0) is 27.9. The van der Waals surface area contributed by atoms with Crippen molar-refractivity contribution in [2.24, 2.45) is 0 Å². The lowest BCUT2D eigenvalue weighted by atomic mass is 9.96. The lowest BCUT2D eigenvalue weighted by Gasteiger charge is -2.18. The van der Waals surface area contributed by atoms with Crippen LogP contribution >= 0.6 is 0 Å². The van der Waals surface area contributed by atoms with E-state index in [0.717, 1.165) is 54.5 Å². The number of unbranched alkanes of at least 4 members (excludes halogenated alkanes) is 9. The molecule has 0 saturated carbocycles. The molecule has 0 aliphatic rings. The van der Waals surface area contributed by atoms with Crippen molar-refractivity contribution in [2.75, 3.05) is 0 Å². The van der Waals surface area contributed by atoms with E-state index in [1.165, 1.54) is 51.0 Å². The first-order valence-corrected chi connectivity index (χ1v) is 15.0. The summed E-state index contributed by atoms with van der Waals surface area (Å²) >= 11 is 0. The van der Waals surface area contributed by atoms with Crippen LogP contribution in [0.1, 0.15) is 103 Å². The van der Waals surface area contributed by atoms with Crippen LogP contribution in [-0.2, 0) is 11.2 Å². The first-order chi connectivity index (χ1) is 18.9. The molecule has 0 spiro atoms. The number of esters is 1. The highest BCUT2D eigenvalue weighted by Gasteiger charge is 2.34. The number of hydrogen-bond acceptors (Lipinski definition) is 3. The van der Waals surface area contributed by atoms with Crippen LogP contribution in [0, 0.1) is 0 Å². The molecule has 1 heterocycles. The van der Waals surface area contributed by atoms with Gasteiger partial charge in [0.05, 0.1) is 5.69 Å². The van der Waals surface area contributed by atoms with Crippen LogP contribution in [0.5, 0.6) is 5.75 Å². The van der Waals surface area contributed by atoms with Crippen LogP contribution in [-0.4, -0.2) is 16.6 Å². The van der Waals surface area contributed by atoms with Gasteiger partial charge in [0.1, 0.15) is 5.75 Å². The minimum Gasteiger partial charge on any atom is -0.424 e. The number of benzene rings is 2. The Labute approximate surface area is 235 Å². The van der Waals surface area contributed by atoms with E-state index in [2.05, 4.69) is 38.1 Å². The number of carbonyl (C=O) groups excluding carboxylic acids is 1. The first-order valence-electron chi connectivity index (χ1n) is 15.0. The fourth-order valence-electron chi connectivity index (χ4n) is 4.88. The standard InChI is InChI=1S/C35H46FNO2/c1-4-6-8-10-11-13-17-28-20-25-33(37-27-28)32-19-15-14-18-31(32)29-21-23-30(24-22-29)39-34(38)35(3,36)26-16-12-9-7-5-2/h14-15,18-25,27H,4-13,16-17,26H2,1-3H3. The molecule has 0 fully saturated rings. The number of ether oxygens (including phenoxy) is 1. The molecule has 0 bridgehead atoms. The summed E-state index contributed by atoms with van der Waals surface area (Å²) in [6.07, 6.45) is 16.0. The fraction of sp³-hybridized carbons (Fsp3) is 0.486. The van der Waals surface area contributed by atoms with Gasteiger partial charge in [0, 0.05) is 11.8 Å². The normalized spacial score (nSPS) is 12.7. The summed E-state index contributed by atoms with van der Waals surface area (Å²) in [6, 6.07) is 19.8. The van der Waals surface area contributed by atoms with Crippen LogP contribution in [0.4, 0.5) is 4.39 Å². The smallest absolute Gasteiger partial charge is 0.348 e. The molecule has 0 N–H and O–H groups in total. The molecule has 0 aliphatic heterocycles. The third kappa shape index (κ3) is 9.91. The molecule has 0 saturated heterocycles. The van der Waals surface area contributed by atoms with Crippen molar-refractivity contribution in [3.8, 4) is 28.1 Å². The van der Waals surface area contributed by atoms with Gasteiger partial charge in [0.2, 0.25) is 5.67 Å². The number of aryl methyl sites for hydroxylation is 1. The number of carbonyl (C=O) groups is 1. The second kappa shape index (κ2) is 16.2. The molecule has 1 aromatic heterocycles. The van der Waals surface area contributed by atoms with Gasteiger partial charge in [-0.2, -0.15) is 0 Å². The van der Waals surface area contributed by atoms with E-state index < -0.39 is 11.6 Å². The number of pyridine rings is 1. The number of nitrogens with zero attached hydrogens (tertiary/aromatic N) is 1. The Kier molecular flexibility index (Phi) is 12.7. The molecule has 39 heavy (non-hydrogen) atoms. The summed E-state index contributed by atoms with van der Waals surface area (Å²) in [7, 11) is 0. The van der Waals surface area contributed by atoms with Gasteiger partial charge in [-0.3, -0.25) is 4.98 Å². The topological polar surface area (TPSA) is 39.2 Å². The molecule has 1 unspecified atom stereocenters. The third-order valence-corrected chi connectivity index (χ3v) is 7.40. The maximum Gasteiger partial charge on any atom is 0.348 e.